The van der Waals surface area contributed by atoms with Gasteiger partial charge >= 0.3 is 11.8 Å². The number of likely N-dealkylation sites (N-methyl/N-ethyl adjacent to an activating group) is 1. The topological polar surface area (TPSA) is 62.3 Å². The molecule has 0 bridgehead atoms. The third-order valence-corrected chi connectivity index (χ3v) is 2.40. The highest BCUT2D eigenvalue weighted by Crippen LogP contribution is 2.05. The Morgan fingerprint density at radius 1 is 1.35 bits per heavy atom. The van der Waals surface area contributed by atoms with Crippen LogP contribution in [0.5, 0.6) is 0 Å². The first-order chi connectivity index (χ1) is 8.08. The molecule has 1 heterocycles. The lowest BCUT2D eigenvalue weighted by Gasteiger charge is -2.17. The van der Waals surface area contributed by atoms with Crippen LogP contribution in [0.1, 0.15) is 19.4 Å². The quantitative estimate of drug-likeness (QED) is 0.801. The van der Waals surface area contributed by atoms with Gasteiger partial charge in [0.25, 0.3) is 0 Å². The summed E-state index contributed by atoms with van der Waals surface area (Å²) in [5.41, 5.74) is 0.977. The van der Waals surface area contributed by atoms with Gasteiger partial charge in [0.2, 0.25) is 0 Å². The van der Waals surface area contributed by atoms with E-state index in [1.54, 1.807) is 12.3 Å². The van der Waals surface area contributed by atoms with Gasteiger partial charge in [-0.3, -0.25) is 9.59 Å². The van der Waals surface area contributed by atoms with Crippen molar-refractivity contribution in [1.82, 2.24) is 9.88 Å². The number of aryl methyl sites for hydroxylation is 1. The summed E-state index contributed by atoms with van der Waals surface area (Å²) in [6.45, 7) is 6.59. The van der Waals surface area contributed by atoms with Crippen molar-refractivity contribution in [2.45, 2.75) is 20.8 Å². The number of hydrogen-bond donors (Lipinski definition) is 1. The summed E-state index contributed by atoms with van der Waals surface area (Å²) in [5, 5.41) is 2.49. The van der Waals surface area contributed by atoms with Gasteiger partial charge in [-0.05, 0) is 38.5 Å². The van der Waals surface area contributed by atoms with Crippen LogP contribution in [0, 0.1) is 6.92 Å². The zero-order valence-corrected chi connectivity index (χ0v) is 10.4. The van der Waals surface area contributed by atoms with E-state index in [1.165, 1.54) is 4.90 Å². The van der Waals surface area contributed by atoms with Crippen LogP contribution in [0.3, 0.4) is 0 Å². The van der Waals surface area contributed by atoms with Crippen molar-refractivity contribution >= 4 is 17.6 Å². The minimum Gasteiger partial charge on any atom is -0.335 e. The second kappa shape index (κ2) is 5.98. The lowest BCUT2D eigenvalue weighted by Crippen LogP contribution is -2.39. The van der Waals surface area contributed by atoms with Crippen molar-refractivity contribution in [3.8, 4) is 0 Å². The zero-order valence-electron chi connectivity index (χ0n) is 10.4. The summed E-state index contributed by atoms with van der Waals surface area (Å²) in [4.78, 5) is 28.8. The van der Waals surface area contributed by atoms with E-state index in [0.717, 1.165) is 5.56 Å². The van der Waals surface area contributed by atoms with Gasteiger partial charge in [0.15, 0.2) is 0 Å². The Kier molecular flexibility index (Phi) is 4.63. The molecule has 17 heavy (non-hydrogen) atoms. The first-order valence-electron chi connectivity index (χ1n) is 5.61. The molecule has 0 saturated heterocycles. The highest BCUT2D eigenvalue weighted by molar-refractivity contribution is 6.39. The number of aromatic nitrogens is 1. The lowest BCUT2D eigenvalue weighted by atomic mass is 10.3. The zero-order chi connectivity index (χ0) is 12.8. The Labute approximate surface area is 101 Å². The number of carbonyl (C=O) groups excluding carboxylic acids is 2. The average molecular weight is 235 g/mol. The number of hydrogen-bond acceptors (Lipinski definition) is 3. The molecule has 0 aliphatic carbocycles. The third kappa shape index (κ3) is 3.55. The number of pyridine rings is 1. The van der Waals surface area contributed by atoms with Crippen molar-refractivity contribution in [2.24, 2.45) is 0 Å². The van der Waals surface area contributed by atoms with Gasteiger partial charge < -0.3 is 10.2 Å². The maximum Gasteiger partial charge on any atom is 0.315 e. The van der Waals surface area contributed by atoms with Crippen molar-refractivity contribution in [2.75, 3.05) is 18.4 Å². The fourth-order valence-electron chi connectivity index (χ4n) is 1.43. The van der Waals surface area contributed by atoms with Crippen molar-refractivity contribution in [3.05, 3.63) is 23.9 Å². The second-order valence-corrected chi connectivity index (χ2v) is 3.65. The van der Waals surface area contributed by atoms with E-state index in [2.05, 4.69) is 10.3 Å². The maximum absolute atomic E-state index is 11.7. The molecule has 0 aliphatic heterocycles. The predicted octanol–water partition coefficient (Wildman–Crippen LogP) is 1.20. The Morgan fingerprint density at radius 3 is 2.53 bits per heavy atom. The molecule has 0 spiro atoms. The minimum atomic E-state index is -0.646. The van der Waals surface area contributed by atoms with Crippen LogP contribution in [0.25, 0.3) is 0 Å². The van der Waals surface area contributed by atoms with Crippen LogP contribution in [-0.4, -0.2) is 34.8 Å². The Morgan fingerprint density at radius 2 is 2.00 bits per heavy atom. The van der Waals surface area contributed by atoms with Gasteiger partial charge in [-0.2, -0.15) is 0 Å². The van der Waals surface area contributed by atoms with Crippen LogP contribution in [0.15, 0.2) is 18.3 Å². The van der Waals surface area contributed by atoms with Gasteiger partial charge in [0.1, 0.15) is 5.82 Å². The maximum atomic E-state index is 11.7. The normalized spacial score (nSPS) is 9.82. The van der Waals surface area contributed by atoms with Crippen LogP contribution in [0.2, 0.25) is 0 Å². The number of nitrogens with one attached hydrogen (secondary N) is 1. The molecule has 92 valence electrons. The monoisotopic (exact) mass is 235 g/mol. The molecule has 5 heteroatoms. The van der Waals surface area contributed by atoms with E-state index in [9.17, 15) is 9.59 Å². The number of nitrogens with zero attached hydrogens (tertiary/aromatic N) is 2. The molecule has 0 atom stereocenters. The number of carbonyl (C=O) groups is 2. The summed E-state index contributed by atoms with van der Waals surface area (Å²) in [5.74, 6) is -0.777. The molecule has 1 rings (SSSR count). The van der Waals surface area contributed by atoms with E-state index >= 15 is 0 Å². The molecule has 0 aromatic carbocycles. The molecule has 0 saturated carbocycles. The Hall–Kier alpha value is -1.91. The first kappa shape index (κ1) is 13.2. The average Bonchev–Trinajstić information content (AvgIpc) is 2.30. The summed E-state index contributed by atoms with van der Waals surface area (Å²) in [6.07, 6.45) is 1.59. The van der Waals surface area contributed by atoms with Crippen LogP contribution in [0.4, 0.5) is 5.82 Å². The fourth-order valence-corrected chi connectivity index (χ4v) is 1.43. The first-order valence-corrected chi connectivity index (χ1v) is 5.61. The standard InChI is InChI=1S/C12H17N3O2/c1-4-15(5-2)12(17)11(16)14-10-8-9(3)6-7-13-10/h6-8H,4-5H2,1-3H3,(H,13,14,16). The van der Waals surface area contributed by atoms with E-state index in [-0.39, 0.29) is 0 Å². The van der Waals surface area contributed by atoms with E-state index < -0.39 is 11.8 Å². The Bertz CT molecular complexity index is 414. The fraction of sp³-hybridized carbons (Fsp3) is 0.417. The molecule has 0 fully saturated rings. The summed E-state index contributed by atoms with van der Waals surface area (Å²) >= 11 is 0. The Balaban J connectivity index is 2.69. The summed E-state index contributed by atoms with van der Waals surface area (Å²) in [7, 11) is 0. The molecule has 0 radical (unpaired) electrons. The van der Waals surface area contributed by atoms with Crippen LogP contribution in [-0.2, 0) is 9.59 Å². The summed E-state index contributed by atoms with van der Waals surface area (Å²) in [6, 6.07) is 3.54. The van der Waals surface area contributed by atoms with Crippen molar-refractivity contribution < 1.29 is 9.59 Å². The highest BCUT2D eigenvalue weighted by atomic mass is 16.2. The van der Waals surface area contributed by atoms with Crippen LogP contribution >= 0.6 is 0 Å². The largest absolute Gasteiger partial charge is 0.335 e. The molecule has 2 amide bonds. The van der Waals surface area contributed by atoms with Crippen molar-refractivity contribution in [1.29, 1.82) is 0 Å². The molecule has 1 N–H and O–H groups in total. The number of anilines is 1. The second-order valence-electron chi connectivity index (χ2n) is 3.65. The lowest BCUT2D eigenvalue weighted by molar-refractivity contribution is -0.142. The molecule has 0 unspecified atom stereocenters. The number of amides is 2. The van der Waals surface area contributed by atoms with Crippen LogP contribution < -0.4 is 5.32 Å². The van der Waals surface area contributed by atoms with E-state index in [1.807, 2.05) is 26.8 Å². The molecule has 0 aliphatic rings. The molecular formula is C12H17N3O2. The third-order valence-electron chi connectivity index (χ3n) is 2.40. The molecule has 1 aromatic heterocycles. The predicted molar refractivity (Wildman–Crippen MR) is 65.5 cm³/mol. The van der Waals surface area contributed by atoms with E-state index in [4.69, 9.17) is 0 Å². The smallest absolute Gasteiger partial charge is 0.315 e. The SMILES string of the molecule is CCN(CC)C(=O)C(=O)Nc1cc(C)ccn1. The molecule has 5 nitrogen and oxygen atoms in total. The van der Waals surface area contributed by atoms with E-state index in [0.29, 0.717) is 18.9 Å². The van der Waals surface area contributed by atoms with Gasteiger partial charge in [0, 0.05) is 19.3 Å². The van der Waals surface area contributed by atoms with Gasteiger partial charge in [0.05, 0.1) is 0 Å². The summed E-state index contributed by atoms with van der Waals surface area (Å²) < 4.78 is 0. The highest BCUT2D eigenvalue weighted by Gasteiger charge is 2.19. The number of rotatable bonds is 3. The van der Waals surface area contributed by atoms with Crippen molar-refractivity contribution in [3.63, 3.8) is 0 Å². The molecular weight excluding hydrogens is 218 g/mol. The van der Waals surface area contributed by atoms with Gasteiger partial charge in [-0.25, -0.2) is 4.98 Å². The molecule has 1 aromatic rings. The van der Waals surface area contributed by atoms with Gasteiger partial charge in [-0.1, -0.05) is 0 Å². The minimum absolute atomic E-state index is 0.399. The van der Waals surface area contributed by atoms with Gasteiger partial charge in [-0.15, -0.1) is 0 Å².